The first-order valence-corrected chi connectivity index (χ1v) is 17.4. The van der Waals surface area contributed by atoms with Gasteiger partial charge in [0.05, 0.1) is 41.7 Å². The molecule has 0 spiro atoms. The molecule has 1 aliphatic heterocycles. The Morgan fingerprint density at radius 3 is 2.33 bits per heavy atom. The molecule has 4 rings (SSSR count). The van der Waals surface area contributed by atoms with Gasteiger partial charge in [-0.2, -0.15) is 4.31 Å². The number of aliphatic hydroxyl groups excluding tert-OH is 1. The molecule has 49 heavy (non-hydrogen) atoms. The van der Waals surface area contributed by atoms with E-state index in [2.05, 4.69) is 20.4 Å². The Labute approximate surface area is 286 Å². The summed E-state index contributed by atoms with van der Waals surface area (Å²) in [5.74, 6) is -1.59. The molecule has 1 unspecified atom stereocenters. The number of carbonyl (C=O) groups is 3. The number of aromatic nitrogens is 2. The van der Waals surface area contributed by atoms with Crippen LogP contribution in [-0.4, -0.2) is 105 Å². The van der Waals surface area contributed by atoms with Gasteiger partial charge in [-0.1, -0.05) is 75.3 Å². The second-order valence-electron chi connectivity index (χ2n) is 12.7. The van der Waals surface area contributed by atoms with Gasteiger partial charge >= 0.3 is 6.03 Å². The largest absolute Gasteiger partial charge is 0.411 e. The zero-order valence-electron chi connectivity index (χ0n) is 28.0. The van der Waals surface area contributed by atoms with Crippen LogP contribution in [-0.2, 0) is 32.6 Å². The average Bonchev–Trinajstić information content (AvgIpc) is 3.33. The molecule has 262 valence electrons. The van der Waals surface area contributed by atoms with Gasteiger partial charge in [-0.3, -0.25) is 24.5 Å². The Kier molecular flexibility index (Phi) is 12.6. The predicted octanol–water partition coefficient (Wildman–Crippen LogP) is 2.51. The summed E-state index contributed by atoms with van der Waals surface area (Å²) in [6, 6.07) is 12.2. The minimum atomic E-state index is -4.10. The zero-order valence-corrected chi connectivity index (χ0v) is 28.8. The third-order valence-corrected chi connectivity index (χ3v) is 9.88. The molecule has 1 fully saturated rings. The van der Waals surface area contributed by atoms with Crippen molar-refractivity contribution in [3.05, 3.63) is 90.0 Å². The molecule has 3 atom stereocenters. The molecule has 14 nitrogen and oxygen atoms in total. The van der Waals surface area contributed by atoms with Crippen LogP contribution in [0.25, 0.3) is 0 Å². The lowest BCUT2D eigenvalue weighted by Gasteiger charge is -2.34. The van der Waals surface area contributed by atoms with Gasteiger partial charge in [-0.05, 0) is 41.5 Å². The maximum absolute atomic E-state index is 14.0. The summed E-state index contributed by atoms with van der Waals surface area (Å²) in [4.78, 5) is 50.8. The monoisotopic (exact) mass is 693 g/mol. The number of oxime groups is 1. The van der Waals surface area contributed by atoms with Crippen LogP contribution in [0.15, 0.2) is 83.2 Å². The van der Waals surface area contributed by atoms with Gasteiger partial charge in [0.2, 0.25) is 15.9 Å². The summed E-state index contributed by atoms with van der Waals surface area (Å²) in [5.41, 5.74) is 1.70. The molecule has 0 saturated carbocycles. The number of hydrogen-bond acceptors (Lipinski definition) is 10. The third-order valence-electron chi connectivity index (χ3n) is 8.03. The first-order valence-electron chi connectivity index (χ1n) is 16.0. The van der Waals surface area contributed by atoms with Crippen molar-refractivity contribution < 1.29 is 33.1 Å². The van der Waals surface area contributed by atoms with E-state index in [1.54, 1.807) is 13.8 Å². The molecule has 3 N–H and O–H groups in total. The van der Waals surface area contributed by atoms with Gasteiger partial charge < -0.3 is 20.5 Å². The number of amides is 4. The molecule has 2 heterocycles. The van der Waals surface area contributed by atoms with Crippen LogP contribution in [0.1, 0.15) is 44.5 Å². The number of benzene rings is 2. The van der Waals surface area contributed by atoms with Gasteiger partial charge in [0.25, 0.3) is 5.91 Å². The van der Waals surface area contributed by atoms with Gasteiger partial charge in [-0.15, -0.1) is 0 Å². The van der Waals surface area contributed by atoms with Crippen LogP contribution < -0.4 is 5.32 Å². The van der Waals surface area contributed by atoms with Gasteiger partial charge in [0.15, 0.2) is 0 Å². The quantitative estimate of drug-likeness (QED) is 0.0878. The maximum Gasteiger partial charge on any atom is 0.328 e. The summed E-state index contributed by atoms with van der Waals surface area (Å²) >= 11 is 0. The highest BCUT2D eigenvalue weighted by atomic mass is 32.2. The molecule has 0 radical (unpaired) electrons. The Hall–Kier alpha value is -4.73. The highest BCUT2D eigenvalue weighted by molar-refractivity contribution is 7.89. The number of hydrogen-bond donors (Lipinski definition) is 3. The normalized spacial score (nSPS) is 15.8. The molecular weight excluding hydrogens is 650 g/mol. The molecule has 0 bridgehead atoms. The fourth-order valence-corrected chi connectivity index (χ4v) is 7.31. The molecule has 15 heteroatoms. The van der Waals surface area contributed by atoms with E-state index in [4.69, 9.17) is 5.21 Å². The standard InChI is InChI=1S/C34H43N7O7S/c1-23(2)19-39(49(47,48)28-12-10-26(11-13-28)17-37-46)21-30(42)29(16-25-8-6-5-7-9-25)38-33(44)32(24(3)4)41-22-31(43)40(34(41)45)20-27-18-35-14-15-36-27/h5-15,17-18,23-24,29-30,32,42,46H,16,19-22H2,1-4H3,(H,38,44)/b37-17+/t29-,30+,32?/m0/s1. The van der Waals surface area contributed by atoms with E-state index in [0.29, 0.717) is 11.3 Å². The smallest absolute Gasteiger partial charge is 0.328 e. The van der Waals surface area contributed by atoms with Crippen molar-refractivity contribution in [2.45, 2.75) is 63.7 Å². The Morgan fingerprint density at radius 2 is 1.73 bits per heavy atom. The van der Waals surface area contributed by atoms with Crippen molar-refractivity contribution in [1.29, 1.82) is 0 Å². The number of urea groups is 1. The molecular formula is C34H43N7O7S. The van der Waals surface area contributed by atoms with Crippen molar-refractivity contribution in [3.8, 4) is 0 Å². The van der Waals surface area contributed by atoms with E-state index in [1.165, 1.54) is 58.3 Å². The minimum Gasteiger partial charge on any atom is -0.411 e. The molecule has 1 saturated heterocycles. The van der Waals surface area contributed by atoms with E-state index in [-0.39, 0.29) is 43.4 Å². The van der Waals surface area contributed by atoms with Crippen molar-refractivity contribution in [1.82, 2.24) is 29.4 Å². The van der Waals surface area contributed by atoms with Gasteiger partial charge in [0.1, 0.15) is 12.6 Å². The van der Waals surface area contributed by atoms with E-state index >= 15 is 0 Å². The molecule has 2 aromatic carbocycles. The second kappa shape index (κ2) is 16.6. The van der Waals surface area contributed by atoms with Crippen molar-refractivity contribution in [2.75, 3.05) is 19.6 Å². The third kappa shape index (κ3) is 9.46. The molecule has 0 aliphatic carbocycles. The van der Waals surface area contributed by atoms with E-state index in [0.717, 1.165) is 10.5 Å². The molecule has 4 amide bonds. The Bertz CT molecular complexity index is 1710. The molecule has 1 aliphatic rings. The lowest BCUT2D eigenvalue weighted by Crippen LogP contribution is -2.57. The van der Waals surface area contributed by atoms with E-state index < -0.39 is 52.0 Å². The minimum absolute atomic E-state index is 0.0118. The SMILES string of the molecule is CC(C)CN(C[C@@H](O)[C@H](Cc1ccccc1)NC(=O)C(C(C)C)N1CC(=O)N(Cc2cnccn2)C1=O)S(=O)(=O)c1ccc(/C=N/O)cc1. The Balaban J connectivity index is 1.59. The van der Waals surface area contributed by atoms with Gasteiger partial charge in [0, 0.05) is 25.5 Å². The molecule has 3 aromatic rings. The van der Waals surface area contributed by atoms with Crippen LogP contribution in [0.3, 0.4) is 0 Å². The summed E-state index contributed by atoms with van der Waals surface area (Å²) in [6.45, 7) is 6.56. The number of nitrogens with zero attached hydrogens (tertiary/aromatic N) is 6. The van der Waals surface area contributed by atoms with Crippen LogP contribution in [0.4, 0.5) is 4.79 Å². The van der Waals surface area contributed by atoms with Crippen LogP contribution in [0.5, 0.6) is 0 Å². The van der Waals surface area contributed by atoms with Crippen LogP contribution in [0, 0.1) is 11.8 Å². The zero-order chi connectivity index (χ0) is 35.7. The van der Waals surface area contributed by atoms with Crippen molar-refractivity contribution in [3.63, 3.8) is 0 Å². The number of carbonyl (C=O) groups excluding carboxylic acids is 3. The lowest BCUT2D eigenvalue weighted by atomic mass is 9.97. The summed E-state index contributed by atoms with van der Waals surface area (Å²) in [7, 11) is -4.10. The van der Waals surface area contributed by atoms with Gasteiger partial charge in [-0.25, -0.2) is 13.2 Å². The second-order valence-corrected chi connectivity index (χ2v) is 14.6. The topological polar surface area (TPSA) is 186 Å². The number of nitrogens with one attached hydrogen (secondary N) is 1. The van der Waals surface area contributed by atoms with Crippen molar-refractivity contribution in [2.24, 2.45) is 17.0 Å². The van der Waals surface area contributed by atoms with E-state index in [9.17, 15) is 27.9 Å². The fraction of sp³-hybridized carbons (Fsp3) is 0.412. The summed E-state index contributed by atoms with van der Waals surface area (Å²) < 4.78 is 28.9. The number of aliphatic hydroxyl groups is 1. The van der Waals surface area contributed by atoms with Crippen molar-refractivity contribution >= 4 is 34.1 Å². The number of imide groups is 1. The number of sulfonamides is 1. The first kappa shape index (κ1) is 37.1. The number of rotatable bonds is 16. The maximum atomic E-state index is 14.0. The lowest BCUT2D eigenvalue weighted by molar-refractivity contribution is -0.129. The van der Waals surface area contributed by atoms with Crippen LogP contribution >= 0.6 is 0 Å². The first-order chi connectivity index (χ1) is 23.3. The van der Waals surface area contributed by atoms with E-state index in [1.807, 2.05) is 44.2 Å². The highest BCUT2D eigenvalue weighted by Crippen LogP contribution is 2.23. The fourth-order valence-electron chi connectivity index (χ4n) is 5.69. The summed E-state index contributed by atoms with van der Waals surface area (Å²) in [6.07, 6.45) is 4.36. The Morgan fingerprint density at radius 1 is 1.04 bits per heavy atom. The molecule has 1 aromatic heterocycles. The highest BCUT2D eigenvalue weighted by Gasteiger charge is 2.44. The predicted molar refractivity (Wildman–Crippen MR) is 181 cm³/mol. The average molecular weight is 694 g/mol. The summed E-state index contributed by atoms with van der Waals surface area (Å²) in [5, 5.41) is 26.4. The van der Waals surface area contributed by atoms with Crippen LogP contribution in [0.2, 0.25) is 0 Å².